The summed E-state index contributed by atoms with van der Waals surface area (Å²) in [6.45, 7) is 5.98. The number of amides is 6. The summed E-state index contributed by atoms with van der Waals surface area (Å²) in [5.74, 6) is -3.20. The number of likely N-dealkylation sites (N-methyl/N-ethyl adjacent to an activating group) is 1. The molecule has 0 radical (unpaired) electrons. The smallest absolute Gasteiger partial charge is 0.332 e. The maximum Gasteiger partial charge on any atom is 0.335 e. The fraction of sp³-hybridized carbons (Fsp3) is 0.316. The van der Waals surface area contributed by atoms with Crippen molar-refractivity contribution in [3.05, 3.63) is 41.4 Å². The molecule has 1 aromatic carbocycles. The van der Waals surface area contributed by atoms with Crippen LogP contribution < -0.4 is 5.32 Å². The van der Waals surface area contributed by atoms with E-state index >= 15 is 0 Å². The van der Waals surface area contributed by atoms with Gasteiger partial charge in [0.1, 0.15) is 6.54 Å². The largest absolute Gasteiger partial charge is 0.335 e. The van der Waals surface area contributed by atoms with Gasteiger partial charge in [-0.1, -0.05) is 23.7 Å². The van der Waals surface area contributed by atoms with Crippen LogP contribution in [0, 0.1) is 6.92 Å². The zero-order chi connectivity index (χ0) is 21.7. The predicted molar refractivity (Wildman–Crippen MR) is 106 cm³/mol. The zero-order valence-electron chi connectivity index (χ0n) is 16.1. The topological polar surface area (TPSA) is 107 Å². The Hall–Kier alpha value is -3.20. The van der Waals surface area contributed by atoms with E-state index in [2.05, 4.69) is 11.9 Å². The van der Waals surface area contributed by atoms with Crippen LogP contribution in [0.1, 0.15) is 12.5 Å². The molecule has 0 saturated carbocycles. The normalized spacial score (nSPS) is 13.7. The van der Waals surface area contributed by atoms with E-state index in [1.807, 2.05) is 0 Å². The summed E-state index contributed by atoms with van der Waals surface area (Å²) >= 11 is 5.93. The van der Waals surface area contributed by atoms with Gasteiger partial charge in [0.05, 0.1) is 6.54 Å². The van der Waals surface area contributed by atoms with Gasteiger partial charge in [-0.3, -0.25) is 24.1 Å². The number of benzene rings is 1. The molecule has 1 saturated heterocycles. The van der Waals surface area contributed by atoms with Crippen LogP contribution in [0.25, 0.3) is 0 Å². The molecule has 1 heterocycles. The van der Waals surface area contributed by atoms with Crippen molar-refractivity contribution in [3.63, 3.8) is 0 Å². The molecule has 0 aromatic heterocycles. The summed E-state index contributed by atoms with van der Waals surface area (Å²) in [5.41, 5.74) is 1.31. The molecule has 29 heavy (non-hydrogen) atoms. The first-order valence-corrected chi connectivity index (χ1v) is 9.19. The van der Waals surface area contributed by atoms with Crippen molar-refractivity contribution in [2.45, 2.75) is 13.8 Å². The highest BCUT2D eigenvalue weighted by Crippen LogP contribution is 2.20. The fourth-order valence-corrected chi connectivity index (χ4v) is 2.86. The van der Waals surface area contributed by atoms with Gasteiger partial charge in [-0.15, -0.1) is 6.58 Å². The van der Waals surface area contributed by atoms with Crippen molar-refractivity contribution < 1.29 is 24.0 Å². The van der Waals surface area contributed by atoms with Crippen LogP contribution >= 0.6 is 11.6 Å². The third-order valence-corrected chi connectivity index (χ3v) is 4.52. The third kappa shape index (κ3) is 5.00. The van der Waals surface area contributed by atoms with Gasteiger partial charge in [0, 0.05) is 23.8 Å². The summed E-state index contributed by atoms with van der Waals surface area (Å²) in [6, 6.07) is 4.14. The number of aryl methyl sites for hydroxylation is 1. The van der Waals surface area contributed by atoms with E-state index in [9.17, 15) is 24.0 Å². The van der Waals surface area contributed by atoms with E-state index in [0.29, 0.717) is 20.5 Å². The van der Waals surface area contributed by atoms with E-state index in [4.69, 9.17) is 11.6 Å². The fourth-order valence-electron chi connectivity index (χ4n) is 2.68. The van der Waals surface area contributed by atoms with E-state index in [1.165, 1.54) is 11.0 Å². The van der Waals surface area contributed by atoms with Crippen molar-refractivity contribution in [1.82, 2.24) is 14.7 Å². The van der Waals surface area contributed by atoms with Crippen LogP contribution in [-0.2, 0) is 19.2 Å². The molecule has 0 atom stereocenters. The number of nitrogens with one attached hydrogen (secondary N) is 1. The predicted octanol–water partition coefficient (Wildman–Crippen LogP) is 1.41. The van der Waals surface area contributed by atoms with Crippen molar-refractivity contribution in [3.8, 4) is 0 Å². The molecule has 1 aliphatic rings. The zero-order valence-corrected chi connectivity index (χ0v) is 16.9. The van der Waals surface area contributed by atoms with Crippen LogP contribution in [0.5, 0.6) is 0 Å². The van der Waals surface area contributed by atoms with Crippen molar-refractivity contribution in [2.24, 2.45) is 0 Å². The number of imide groups is 2. The third-order valence-electron chi connectivity index (χ3n) is 4.28. The minimum Gasteiger partial charge on any atom is -0.332 e. The number of halogens is 1. The highest BCUT2D eigenvalue weighted by Gasteiger charge is 2.45. The first-order chi connectivity index (χ1) is 13.7. The SMILES string of the molecule is C=CCN1C(=O)C(=O)N(CC(=O)N(CC)CC(=O)Nc2cc(Cl)ccc2C)C1=O. The summed E-state index contributed by atoms with van der Waals surface area (Å²) in [4.78, 5) is 63.3. The molecule has 0 aliphatic carbocycles. The molecule has 10 heteroatoms. The Kier molecular flexibility index (Phi) is 7.11. The van der Waals surface area contributed by atoms with Crippen LogP contribution in [0.2, 0.25) is 5.02 Å². The van der Waals surface area contributed by atoms with Crippen LogP contribution in [0.3, 0.4) is 0 Å². The summed E-state index contributed by atoms with van der Waals surface area (Å²) in [5, 5.41) is 3.13. The molecule has 6 amide bonds. The second-order valence-corrected chi connectivity index (χ2v) is 6.73. The van der Waals surface area contributed by atoms with Gasteiger partial charge in [0.15, 0.2) is 0 Å². The lowest BCUT2D eigenvalue weighted by Gasteiger charge is -2.23. The molecule has 1 N–H and O–H groups in total. The van der Waals surface area contributed by atoms with Crippen molar-refractivity contribution in [2.75, 3.05) is 31.5 Å². The minimum absolute atomic E-state index is 0.132. The average molecular weight is 421 g/mol. The second-order valence-electron chi connectivity index (χ2n) is 6.29. The first kappa shape index (κ1) is 22.1. The molecule has 154 valence electrons. The van der Waals surface area contributed by atoms with Crippen LogP contribution in [0.4, 0.5) is 10.5 Å². The number of anilines is 1. The van der Waals surface area contributed by atoms with Gasteiger partial charge in [0.25, 0.3) is 0 Å². The number of nitrogens with zero attached hydrogens (tertiary/aromatic N) is 3. The Morgan fingerprint density at radius 1 is 1.21 bits per heavy atom. The van der Waals surface area contributed by atoms with Crippen LogP contribution in [-0.4, -0.2) is 70.5 Å². The molecule has 1 fully saturated rings. The summed E-state index contributed by atoms with van der Waals surface area (Å²) < 4.78 is 0. The minimum atomic E-state index is -1.08. The first-order valence-electron chi connectivity index (χ1n) is 8.81. The number of hydrogen-bond acceptors (Lipinski definition) is 5. The molecule has 0 unspecified atom stereocenters. The molecule has 1 aliphatic heterocycles. The highest BCUT2D eigenvalue weighted by atomic mass is 35.5. The Balaban J connectivity index is 2.03. The van der Waals surface area contributed by atoms with Gasteiger partial charge in [-0.05, 0) is 31.5 Å². The van der Waals surface area contributed by atoms with Gasteiger partial charge in [-0.2, -0.15) is 0 Å². The van der Waals surface area contributed by atoms with Gasteiger partial charge in [0.2, 0.25) is 11.8 Å². The van der Waals surface area contributed by atoms with Crippen LogP contribution in [0.15, 0.2) is 30.9 Å². The number of urea groups is 1. The summed E-state index contributed by atoms with van der Waals surface area (Å²) in [6.07, 6.45) is 1.30. The standard InChI is InChI=1S/C19H21ClN4O5/c1-4-8-23-17(27)18(28)24(19(23)29)11-16(26)22(5-2)10-15(25)21-14-9-13(20)7-6-12(14)3/h4,6-7,9H,1,5,8,10-11H2,2-3H3,(H,21,25). The van der Waals surface area contributed by atoms with Crippen molar-refractivity contribution in [1.29, 1.82) is 0 Å². The number of rotatable bonds is 8. The molecule has 0 spiro atoms. The molecular weight excluding hydrogens is 400 g/mol. The van der Waals surface area contributed by atoms with E-state index in [-0.39, 0.29) is 19.6 Å². The second kappa shape index (κ2) is 9.33. The molecule has 0 bridgehead atoms. The number of hydrogen-bond donors (Lipinski definition) is 1. The Morgan fingerprint density at radius 3 is 2.48 bits per heavy atom. The lowest BCUT2D eigenvalue weighted by atomic mass is 10.2. The lowest BCUT2D eigenvalue weighted by Crippen LogP contribution is -2.45. The lowest BCUT2D eigenvalue weighted by molar-refractivity contribution is -0.145. The quantitative estimate of drug-likeness (QED) is 0.388. The van der Waals surface area contributed by atoms with E-state index < -0.39 is 36.2 Å². The van der Waals surface area contributed by atoms with Gasteiger partial charge < -0.3 is 10.2 Å². The van der Waals surface area contributed by atoms with E-state index in [1.54, 1.807) is 32.0 Å². The van der Waals surface area contributed by atoms with Gasteiger partial charge in [-0.25, -0.2) is 9.69 Å². The number of carbonyl (C=O) groups is 5. The molecule has 1 aromatic rings. The van der Waals surface area contributed by atoms with Crippen molar-refractivity contribution >= 4 is 46.9 Å². The number of carbonyl (C=O) groups excluding carboxylic acids is 5. The maximum absolute atomic E-state index is 12.5. The van der Waals surface area contributed by atoms with E-state index in [0.717, 1.165) is 5.56 Å². The maximum atomic E-state index is 12.5. The molecule has 2 rings (SSSR count). The monoisotopic (exact) mass is 420 g/mol. The Labute approximate surface area is 172 Å². The highest BCUT2D eigenvalue weighted by molar-refractivity contribution is 6.45. The molecular formula is C19H21ClN4O5. The Bertz CT molecular complexity index is 885. The molecule has 9 nitrogen and oxygen atoms in total. The average Bonchev–Trinajstić information content (AvgIpc) is 2.87. The Morgan fingerprint density at radius 2 is 1.86 bits per heavy atom. The summed E-state index contributed by atoms with van der Waals surface area (Å²) in [7, 11) is 0. The van der Waals surface area contributed by atoms with Gasteiger partial charge >= 0.3 is 17.8 Å².